The first-order valence-electron chi connectivity index (χ1n) is 39.0. The maximum atomic E-state index is 13.7. The zero-order chi connectivity index (χ0) is 87.3. The van der Waals surface area contributed by atoms with Crippen LogP contribution < -0.4 is 18.9 Å². The van der Waals surface area contributed by atoms with Crippen molar-refractivity contribution in [1.29, 1.82) is 0 Å². The number of nitrogens with zero attached hydrogens (tertiary/aromatic N) is 8. The van der Waals surface area contributed by atoms with Crippen LogP contribution in [0.2, 0.25) is 0 Å². The molecule has 12 nitrogen and oxygen atoms in total. The summed E-state index contributed by atoms with van der Waals surface area (Å²) in [6, 6.07) is 108. The van der Waals surface area contributed by atoms with E-state index in [4.69, 9.17) is 18.9 Å². The summed E-state index contributed by atoms with van der Waals surface area (Å²) in [6.07, 6.45) is -18.7. The quantitative estimate of drug-likeness (QED) is 0.0616. The van der Waals surface area contributed by atoms with Crippen LogP contribution in [0, 0.1) is 24.3 Å². The fourth-order valence-electron chi connectivity index (χ4n) is 14.5. The van der Waals surface area contributed by atoms with Gasteiger partial charge in [-0.25, -0.2) is 0 Å². The molecule has 16 aromatic carbocycles. The molecule has 0 N–H and O–H groups in total. The molecule has 0 bridgehead atoms. The van der Waals surface area contributed by atoms with Gasteiger partial charge in [0.15, 0.2) is 0 Å². The molecule has 0 aliphatic carbocycles. The van der Waals surface area contributed by atoms with Gasteiger partial charge in [-0.1, -0.05) is 171 Å². The third kappa shape index (κ3) is 20.9. The molecule has 0 fully saturated rings. The molecule has 28 heteroatoms. The van der Waals surface area contributed by atoms with Crippen LogP contribution in [0.3, 0.4) is 0 Å². The van der Waals surface area contributed by atoms with E-state index >= 15 is 0 Å². The van der Waals surface area contributed by atoms with Crippen LogP contribution >= 0.6 is 0 Å². The number of benzene rings is 16. The molecule has 4 heterocycles. The molecular weight excluding hydrogens is 2400 g/mol. The topological polar surface area (TPSA) is 140 Å². The summed E-state index contributed by atoms with van der Waals surface area (Å²) < 4.78 is 184. The predicted octanol–water partition coefficient (Wildman–Crippen LogP) is 28.8. The molecule has 0 saturated carbocycles. The molecule has 0 saturated heterocycles. The van der Waals surface area contributed by atoms with Crippen LogP contribution in [-0.4, -0.2) is 40.8 Å². The van der Waals surface area contributed by atoms with E-state index in [0.717, 1.165) is 135 Å². The minimum atomic E-state index is -5.32. The van der Waals surface area contributed by atoms with Crippen molar-refractivity contribution in [3.63, 3.8) is 0 Å². The average Bonchev–Trinajstić information content (AvgIpc) is 0.753. The van der Waals surface area contributed by atoms with Gasteiger partial charge >= 0.3 is 24.7 Å². The normalized spacial score (nSPS) is 11.4. The van der Waals surface area contributed by atoms with Crippen LogP contribution in [0.4, 0.5) is 52.7 Å². The van der Waals surface area contributed by atoms with Crippen molar-refractivity contribution in [3.8, 4) is 91.5 Å². The molecule has 130 heavy (non-hydrogen) atoms. The maximum Gasteiger partial charge on any atom is 0.420 e. The second-order valence-electron chi connectivity index (χ2n) is 28.6. The molecule has 656 valence electrons. The largest absolute Gasteiger partial charge is 0.437 e. The summed E-state index contributed by atoms with van der Waals surface area (Å²) >= 11 is 0. The first-order chi connectivity index (χ1) is 60.9. The standard InChI is InChI=1S/C26H13F6N2O.C26H19N2O.2C25H14F3N2O.4Ir/c27-25(28,29)20-11-6-12-21(22(20)26(30,31)32)35-24-19-14-17-10-5-4-9-16(17)13-18(19)23(33-34-24)15-7-2-1-3-8-15;1-2-18-10-8-9-15-24(18)29-26-23-17-21-14-7-6-13-20(21)16-22(23)25(27-28-26)19-11-4-3-5-12-19;26-25(27,28)21-12-6-7-13-22(21)31-24-20-15-18-11-5-4-10-17(18)14-19(20)23(29-30-24)16-8-2-1-3-9-16;26-25(27,28)19-11-6-12-20(15-19)31-24-22-14-18-10-5-4-9-17(18)13-21(22)23(29-30-24)16-7-2-1-3-8-16;;;;/h1-7,9-14H;3-11,13-17H,2H2,1H3;1-8,10-15H;1-7,9-15H;;;;/q4*-1;;;;. The van der Waals surface area contributed by atoms with Gasteiger partial charge in [0.05, 0.1) is 16.7 Å². The van der Waals surface area contributed by atoms with E-state index in [1.807, 2.05) is 176 Å². The molecule has 0 spiro atoms. The zero-order valence-electron chi connectivity index (χ0n) is 67.0. The SMILES string of the molecule is CCc1ccccc1Oc1nnc(-c2[c-]cccc2)c2cc3ccccc3cc12.FC(F)(F)c1cccc(Oc2nnc(-c3[c-]cccc3)c3cc4ccccc4cc23)c1.FC(F)(F)c1cccc(Oc2nnc(-c3[c-]cccc3)c3cc4ccccc4cc23)c1C(F)(F)F.FC(F)(F)c1ccccc1Oc1nnc(-c2[c-]cccc2)c2cc3ccccc3cc12.[Ir].[Ir].[Ir].[Ir]. The number of hydrogen-bond donors (Lipinski definition) is 0. The first-order valence-corrected chi connectivity index (χ1v) is 39.0. The number of hydrogen-bond acceptors (Lipinski definition) is 12. The second-order valence-corrected chi connectivity index (χ2v) is 28.6. The predicted molar refractivity (Wildman–Crippen MR) is 461 cm³/mol. The van der Waals surface area contributed by atoms with Gasteiger partial charge in [-0.15, -0.1) is 164 Å². The van der Waals surface area contributed by atoms with Crippen molar-refractivity contribution in [3.05, 3.63) is 386 Å². The van der Waals surface area contributed by atoms with E-state index in [0.29, 0.717) is 50.8 Å². The Labute approximate surface area is 788 Å². The molecule has 0 aliphatic rings. The Morgan fingerprint density at radius 3 is 0.862 bits per heavy atom. The summed E-state index contributed by atoms with van der Waals surface area (Å²) in [6.45, 7) is 2.12. The Balaban J connectivity index is 0.000000146. The molecule has 0 atom stereocenters. The van der Waals surface area contributed by atoms with Crippen molar-refractivity contribution in [2.45, 2.75) is 38.0 Å². The van der Waals surface area contributed by atoms with Crippen LogP contribution in [0.15, 0.2) is 334 Å². The van der Waals surface area contributed by atoms with Crippen molar-refractivity contribution < 1.29 is 152 Å². The number of halogens is 12. The van der Waals surface area contributed by atoms with Crippen LogP contribution in [0.1, 0.15) is 34.7 Å². The molecular formula is C102H60F12Ir4N8O4-4. The summed E-state index contributed by atoms with van der Waals surface area (Å²) in [5.41, 5.74) is 1.13. The monoisotopic (exact) mass is 2460 g/mol. The van der Waals surface area contributed by atoms with Crippen molar-refractivity contribution in [2.75, 3.05) is 0 Å². The van der Waals surface area contributed by atoms with Crippen molar-refractivity contribution >= 4 is 86.2 Å². The van der Waals surface area contributed by atoms with Gasteiger partial charge in [-0.2, -0.15) is 73.1 Å². The maximum absolute atomic E-state index is 13.7. The molecule has 20 aromatic rings. The zero-order valence-corrected chi connectivity index (χ0v) is 76.6. The number of aromatic nitrogens is 8. The molecule has 0 unspecified atom stereocenters. The van der Waals surface area contributed by atoms with Gasteiger partial charge in [0.2, 0.25) is 23.5 Å². The molecule has 0 amide bonds. The Hall–Kier alpha value is -13.1. The minimum absolute atomic E-state index is 0. The van der Waals surface area contributed by atoms with Crippen LogP contribution in [0.5, 0.6) is 46.5 Å². The fourth-order valence-corrected chi connectivity index (χ4v) is 14.5. The number of aryl methyl sites for hydroxylation is 1. The molecule has 0 aliphatic heterocycles. The summed E-state index contributed by atoms with van der Waals surface area (Å²) in [7, 11) is 0. The molecule has 4 radical (unpaired) electrons. The Kier molecular flexibility index (Phi) is 29.6. The van der Waals surface area contributed by atoms with Gasteiger partial charge in [0, 0.05) is 125 Å². The van der Waals surface area contributed by atoms with Gasteiger partial charge in [-0.05, 0) is 149 Å². The van der Waals surface area contributed by atoms with Crippen LogP contribution in [0.25, 0.3) is 131 Å². The van der Waals surface area contributed by atoms with Gasteiger partial charge in [0.25, 0.3) is 0 Å². The minimum Gasteiger partial charge on any atom is -0.437 e. The summed E-state index contributed by atoms with van der Waals surface area (Å²) in [5, 5.41) is 47.2. The van der Waals surface area contributed by atoms with Gasteiger partial charge in [-0.3, -0.25) is 0 Å². The van der Waals surface area contributed by atoms with Gasteiger partial charge in [0.1, 0.15) is 28.6 Å². The first kappa shape index (κ1) is 94.5. The van der Waals surface area contributed by atoms with E-state index in [1.54, 1.807) is 60.7 Å². The average molecular weight is 2460 g/mol. The number of rotatable bonds is 13. The third-order valence-electron chi connectivity index (χ3n) is 20.5. The van der Waals surface area contributed by atoms with E-state index < -0.39 is 52.7 Å². The Morgan fingerprint density at radius 1 is 0.246 bits per heavy atom. The fraction of sp³-hybridized carbons (Fsp3) is 0.0588. The van der Waals surface area contributed by atoms with E-state index in [9.17, 15) is 52.7 Å². The smallest absolute Gasteiger partial charge is 0.420 e. The number of fused-ring (bicyclic) bond motifs is 8. The second kappa shape index (κ2) is 40.7. The Bertz CT molecular complexity index is 7450. The van der Waals surface area contributed by atoms with E-state index in [1.165, 1.54) is 30.3 Å². The molecule has 4 aromatic heterocycles. The summed E-state index contributed by atoms with van der Waals surface area (Å²) in [5.74, 6) is -0.165. The number of para-hydroxylation sites is 2. The number of ether oxygens (including phenoxy) is 4. The number of alkyl halides is 12. The van der Waals surface area contributed by atoms with E-state index in [-0.39, 0.29) is 115 Å². The van der Waals surface area contributed by atoms with Gasteiger partial charge < -0.3 is 18.9 Å². The van der Waals surface area contributed by atoms with E-state index in [2.05, 4.69) is 102 Å². The summed E-state index contributed by atoms with van der Waals surface area (Å²) in [4.78, 5) is 0. The Morgan fingerprint density at radius 2 is 0.531 bits per heavy atom. The van der Waals surface area contributed by atoms with Crippen molar-refractivity contribution in [1.82, 2.24) is 40.8 Å². The molecule has 20 rings (SSSR count). The van der Waals surface area contributed by atoms with Crippen molar-refractivity contribution in [2.24, 2.45) is 0 Å². The third-order valence-corrected chi connectivity index (χ3v) is 20.5. The van der Waals surface area contributed by atoms with Crippen LogP contribution in [-0.2, 0) is 112 Å².